The van der Waals surface area contributed by atoms with E-state index >= 15 is 0 Å². The van der Waals surface area contributed by atoms with Crippen LogP contribution in [0.2, 0.25) is 4.34 Å². The maximum atomic E-state index is 12.6. The summed E-state index contributed by atoms with van der Waals surface area (Å²) in [5, 5.41) is 0. The van der Waals surface area contributed by atoms with Gasteiger partial charge in [-0.15, -0.1) is 11.3 Å². The van der Waals surface area contributed by atoms with Crippen molar-refractivity contribution in [3.05, 3.63) is 45.5 Å². The first-order valence-electron chi connectivity index (χ1n) is 8.99. The lowest BCUT2D eigenvalue weighted by molar-refractivity contribution is 0.0791. The number of carbonyl (C=O) groups is 1. The molecule has 0 N–H and O–H groups in total. The Morgan fingerprint density at radius 1 is 1.41 bits per heavy atom. The molecule has 4 heterocycles. The van der Waals surface area contributed by atoms with Crippen LogP contribution in [0.1, 0.15) is 21.9 Å². The summed E-state index contributed by atoms with van der Waals surface area (Å²) >= 11 is 7.30. The third kappa shape index (κ3) is 3.85. The first kappa shape index (κ1) is 18.4. The minimum atomic E-state index is 0.0731. The van der Waals surface area contributed by atoms with Crippen molar-refractivity contribution < 1.29 is 9.53 Å². The highest BCUT2D eigenvalue weighted by molar-refractivity contribution is 7.17. The second-order valence-electron chi connectivity index (χ2n) is 6.73. The molecule has 1 saturated heterocycles. The van der Waals surface area contributed by atoms with E-state index in [9.17, 15) is 4.79 Å². The van der Waals surface area contributed by atoms with E-state index in [2.05, 4.69) is 9.55 Å². The molecule has 142 valence electrons. The summed E-state index contributed by atoms with van der Waals surface area (Å²) < 4.78 is 8.04. The monoisotopic (exact) mass is 404 g/mol. The van der Waals surface area contributed by atoms with Crippen LogP contribution in [0.25, 0.3) is 11.2 Å². The van der Waals surface area contributed by atoms with Gasteiger partial charge in [0.05, 0.1) is 15.8 Å². The number of ether oxygens (including phenoxy) is 1. The van der Waals surface area contributed by atoms with Crippen LogP contribution in [0.15, 0.2) is 30.5 Å². The summed E-state index contributed by atoms with van der Waals surface area (Å²) in [5.74, 6) is 1.48. The fourth-order valence-electron chi connectivity index (χ4n) is 3.61. The van der Waals surface area contributed by atoms with Crippen molar-refractivity contribution in [2.24, 2.45) is 5.92 Å². The van der Waals surface area contributed by atoms with E-state index in [4.69, 9.17) is 21.3 Å². The van der Waals surface area contributed by atoms with Gasteiger partial charge < -0.3 is 14.2 Å². The van der Waals surface area contributed by atoms with Crippen molar-refractivity contribution in [2.45, 2.75) is 19.4 Å². The number of rotatable bonds is 6. The molecule has 3 aromatic heterocycles. The standard InChI is InChI=1S/C19H21ClN4O2S/c1-26-10-9-24-17(22-14-3-2-7-21-18(14)24)11-13-6-8-23(12-13)19(25)15-4-5-16(20)27-15/h2-5,7,13H,6,8-12H2,1H3/t13-/m0/s1. The van der Waals surface area contributed by atoms with E-state index in [0.717, 1.165) is 49.5 Å². The van der Waals surface area contributed by atoms with E-state index in [1.54, 1.807) is 25.4 Å². The molecule has 0 aliphatic carbocycles. The first-order chi connectivity index (χ1) is 13.2. The average Bonchev–Trinajstić information content (AvgIpc) is 3.38. The molecule has 6 nitrogen and oxygen atoms in total. The Morgan fingerprint density at radius 3 is 3.07 bits per heavy atom. The molecule has 0 spiro atoms. The number of amides is 1. The Morgan fingerprint density at radius 2 is 2.30 bits per heavy atom. The van der Waals surface area contributed by atoms with Crippen molar-refractivity contribution in [1.82, 2.24) is 19.4 Å². The Kier molecular flexibility index (Phi) is 5.43. The maximum absolute atomic E-state index is 12.6. The number of halogens is 1. The van der Waals surface area contributed by atoms with Crippen molar-refractivity contribution in [3.8, 4) is 0 Å². The number of hydrogen-bond donors (Lipinski definition) is 0. The molecule has 1 aliphatic heterocycles. The number of methoxy groups -OCH3 is 1. The largest absolute Gasteiger partial charge is 0.383 e. The number of nitrogens with zero attached hydrogens (tertiary/aromatic N) is 4. The summed E-state index contributed by atoms with van der Waals surface area (Å²) in [4.78, 5) is 24.5. The van der Waals surface area contributed by atoms with Crippen molar-refractivity contribution in [3.63, 3.8) is 0 Å². The molecule has 0 unspecified atom stereocenters. The number of hydrogen-bond acceptors (Lipinski definition) is 5. The van der Waals surface area contributed by atoms with Crippen LogP contribution in [0.3, 0.4) is 0 Å². The van der Waals surface area contributed by atoms with E-state index in [-0.39, 0.29) is 5.91 Å². The Bertz CT molecular complexity index is 954. The smallest absolute Gasteiger partial charge is 0.263 e. The summed E-state index contributed by atoms with van der Waals surface area (Å²) in [6.07, 6.45) is 3.60. The number of thiophene rings is 1. The van der Waals surface area contributed by atoms with E-state index in [1.165, 1.54) is 11.3 Å². The van der Waals surface area contributed by atoms with E-state index in [0.29, 0.717) is 21.7 Å². The minimum Gasteiger partial charge on any atom is -0.383 e. The van der Waals surface area contributed by atoms with Gasteiger partial charge in [-0.25, -0.2) is 9.97 Å². The number of imidazole rings is 1. The number of aromatic nitrogens is 3. The van der Waals surface area contributed by atoms with Gasteiger partial charge in [0.2, 0.25) is 0 Å². The normalized spacial score (nSPS) is 17.1. The predicted molar refractivity (Wildman–Crippen MR) is 106 cm³/mol. The first-order valence-corrected chi connectivity index (χ1v) is 10.2. The highest BCUT2D eigenvalue weighted by atomic mass is 35.5. The Labute approximate surface area is 166 Å². The molecule has 0 bridgehead atoms. The van der Waals surface area contributed by atoms with Crippen molar-refractivity contribution in [2.75, 3.05) is 26.8 Å². The van der Waals surface area contributed by atoms with Gasteiger partial charge in [0.15, 0.2) is 5.65 Å². The molecule has 1 aliphatic rings. The van der Waals surface area contributed by atoms with Crippen LogP contribution in [0, 0.1) is 5.92 Å². The molecule has 0 aromatic carbocycles. The molecular weight excluding hydrogens is 384 g/mol. The fraction of sp³-hybridized carbons (Fsp3) is 0.421. The molecule has 1 fully saturated rings. The quantitative estimate of drug-likeness (QED) is 0.630. The average molecular weight is 405 g/mol. The molecule has 27 heavy (non-hydrogen) atoms. The maximum Gasteiger partial charge on any atom is 0.263 e. The second kappa shape index (κ2) is 7.96. The van der Waals surface area contributed by atoms with Crippen LogP contribution in [0.5, 0.6) is 0 Å². The molecule has 1 amide bonds. The third-order valence-electron chi connectivity index (χ3n) is 4.93. The molecule has 1 atom stereocenters. The number of fused-ring (bicyclic) bond motifs is 1. The second-order valence-corrected chi connectivity index (χ2v) is 8.45. The van der Waals surface area contributed by atoms with Gasteiger partial charge in [0, 0.05) is 39.4 Å². The molecular formula is C19H21ClN4O2S. The van der Waals surface area contributed by atoms with Gasteiger partial charge in [-0.2, -0.15) is 0 Å². The summed E-state index contributed by atoms with van der Waals surface area (Å²) in [6, 6.07) is 7.47. The number of carbonyl (C=O) groups excluding carboxylic acids is 1. The van der Waals surface area contributed by atoms with Gasteiger partial charge in [0.1, 0.15) is 11.3 Å². The minimum absolute atomic E-state index is 0.0731. The van der Waals surface area contributed by atoms with Crippen LogP contribution < -0.4 is 0 Å². The van der Waals surface area contributed by atoms with E-state index in [1.807, 2.05) is 17.0 Å². The van der Waals surface area contributed by atoms with Gasteiger partial charge in [-0.1, -0.05) is 11.6 Å². The zero-order valence-electron chi connectivity index (χ0n) is 15.1. The van der Waals surface area contributed by atoms with Crippen molar-refractivity contribution >= 4 is 40.0 Å². The third-order valence-corrected chi connectivity index (χ3v) is 6.15. The van der Waals surface area contributed by atoms with E-state index < -0.39 is 0 Å². The van der Waals surface area contributed by atoms with Crippen LogP contribution >= 0.6 is 22.9 Å². The molecule has 0 saturated carbocycles. The van der Waals surface area contributed by atoms with Gasteiger partial charge >= 0.3 is 0 Å². The summed E-state index contributed by atoms with van der Waals surface area (Å²) in [6.45, 7) is 2.86. The Hall–Kier alpha value is -1.96. The molecule has 3 aromatic rings. The lowest BCUT2D eigenvalue weighted by Gasteiger charge is -2.16. The number of pyridine rings is 1. The highest BCUT2D eigenvalue weighted by Crippen LogP contribution is 2.27. The number of likely N-dealkylation sites (tertiary alicyclic amines) is 1. The lowest BCUT2D eigenvalue weighted by Crippen LogP contribution is -2.28. The topological polar surface area (TPSA) is 60.2 Å². The van der Waals surface area contributed by atoms with Crippen LogP contribution in [-0.2, 0) is 17.7 Å². The SMILES string of the molecule is COCCn1c(C[C@@H]2CCN(C(=O)c3ccc(Cl)s3)C2)nc2cccnc21. The van der Waals surface area contributed by atoms with Gasteiger partial charge in [-0.05, 0) is 36.6 Å². The van der Waals surface area contributed by atoms with Crippen LogP contribution in [-0.4, -0.2) is 52.1 Å². The van der Waals surface area contributed by atoms with Crippen molar-refractivity contribution in [1.29, 1.82) is 0 Å². The lowest BCUT2D eigenvalue weighted by atomic mass is 10.0. The summed E-state index contributed by atoms with van der Waals surface area (Å²) in [5.41, 5.74) is 1.80. The predicted octanol–water partition coefficient (Wildman–Crippen LogP) is 3.50. The van der Waals surface area contributed by atoms with Gasteiger partial charge in [-0.3, -0.25) is 4.79 Å². The fourth-order valence-corrected chi connectivity index (χ4v) is 4.62. The zero-order chi connectivity index (χ0) is 18.8. The zero-order valence-corrected chi connectivity index (χ0v) is 16.7. The Balaban J connectivity index is 1.49. The molecule has 0 radical (unpaired) electrons. The highest BCUT2D eigenvalue weighted by Gasteiger charge is 2.29. The van der Waals surface area contributed by atoms with Crippen LogP contribution in [0.4, 0.5) is 0 Å². The molecule has 4 rings (SSSR count). The molecule has 8 heteroatoms. The van der Waals surface area contributed by atoms with Gasteiger partial charge in [0.25, 0.3) is 5.91 Å². The summed E-state index contributed by atoms with van der Waals surface area (Å²) in [7, 11) is 1.70.